The van der Waals surface area contributed by atoms with E-state index in [0.29, 0.717) is 18.4 Å². The van der Waals surface area contributed by atoms with Crippen LogP contribution in [0.1, 0.15) is 25.8 Å². The molecule has 1 aromatic carbocycles. The average molecular weight is 300 g/mol. The maximum atomic E-state index is 13.0. The van der Waals surface area contributed by atoms with Crippen molar-refractivity contribution in [1.82, 2.24) is 5.32 Å². The Morgan fingerprint density at radius 3 is 2.35 bits per heavy atom. The normalized spacial score (nSPS) is 13.6. The van der Waals surface area contributed by atoms with Crippen LogP contribution >= 0.6 is 12.2 Å². The second-order valence-corrected chi connectivity index (χ2v) is 5.27. The molecule has 6 heteroatoms. The third kappa shape index (κ3) is 3.96. The largest absolute Gasteiger partial charge is 0.392 e. The number of hydrogen-bond donors (Lipinski definition) is 2. The van der Waals surface area contributed by atoms with E-state index in [1.807, 2.05) is 6.92 Å². The van der Waals surface area contributed by atoms with Crippen molar-refractivity contribution < 1.29 is 13.6 Å². The zero-order valence-corrected chi connectivity index (χ0v) is 12.3. The van der Waals surface area contributed by atoms with Crippen LogP contribution in [0.3, 0.4) is 0 Å². The Balaban J connectivity index is 2.60. The lowest BCUT2D eigenvalue weighted by Gasteiger charge is -2.25. The van der Waals surface area contributed by atoms with Crippen LogP contribution in [0.4, 0.5) is 8.78 Å². The molecule has 0 radical (unpaired) electrons. The van der Waals surface area contributed by atoms with Crippen LogP contribution in [0.5, 0.6) is 0 Å². The van der Waals surface area contributed by atoms with Gasteiger partial charge in [-0.3, -0.25) is 4.79 Å². The van der Waals surface area contributed by atoms with Gasteiger partial charge in [-0.05, 0) is 37.5 Å². The monoisotopic (exact) mass is 300 g/mol. The lowest BCUT2D eigenvalue weighted by atomic mass is 9.86. The lowest BCUT2D eigenvalue weighted by Crippen LogP contribution is -2.47. The van der Waals surface area contributed by atoms with Crippen LogP contribution in [0.25, 0.3) is 0 Å². The summed E-state index contributed by atoms with van der Waals surface area (Å²) >= 11 is 4.90. The molecule has 3 nitrogen and oxygen atoms in total. The summed E-state index contributed by atoms with van der Waals surface area (Å²) in [5.74, 6) is -1.54. The van der Waals surface area contributed by atoms with Crippen molar-refractivity contribution in [2.45, 2.75) is 26.7 Å². The number of rotatable bonds is 6. The summed E-state index contributed by atoms with van der Waals surface area (Å²) in [6, 6.07) is 3.28. The van der Waals surface area contributed by atoms with Crippen molar-refractivity contribution in [2.24, 2.45) is 11.1 Å². The van der Waals surface area contributed by atoms with Crippen LogP contribution in [0.15, 0.2) is 18.2 Å². The predicted octanol–water partition coefficient (Wildman–Crippen LogP) is 2.33. The highest BCUT2D eigenvalue weighted by Gasteiger charge is 2.34. The van der Waals surface area contributed by atoms with Crippen LogP contribution < -0.4 is 11.1 Å². The lowest BCUT2D eigenvalue weighted by molar-refractivity contribution is -0.126. The molecule has 110 valence electrons. The number of carbonyl (C=O) groups is 1. The summed E-state index contributed by atoms with van der Waals surface area (Å²) in [7, 11) is 0. The third-order valence-electron chi connectivity index (χ3n) is 3.37. The van der Waals surface area contributed by atoms with Gasteiger partial charge in [0, 0.05) is 12.6 Å². The number of nitrogens with two attached hydrogens (primary N) is 1. The molecule has 0 bridgehead atoms. The highest BCUT2D eigenvalue weighted by Crippen LogP contribution is 2.21. The second kappa shape index (κ2) is 6.74. The van der Waals surface area contributed by atoms with Crippen molar-refractivity contribution >= 4 is 23.1 Å². The molecule has 0 aliphatic heterocycles. The van der Waals surface area contributed by atoms with Gasteiger partial charge in [0.15, 0.2) is 0 Å². The van der Waals surface area contributed by atoms with Gasteiger partial charge in [0.2, 0.25) is 5.91 Å². The summed E-state index contributed by atoms with van der Waals surface area (Å²) in [5, 5.41) is 2.69. The smallest absolute Gasteiger partial charge is 0.232 e. The van der Waals surface area contributed by atoms with E-state index in [-0.39, 0.29) is 17.4 Å². The molecule has 0 saturated carbocycles. The molecule has 20 heavy (non-hydrogen) atoms. The molecule has 1 unspecified atom stereocenters. The molecule has 0 saturated heterocycles. The molecule has 1 rings (SSSR count). The molecule has 1 atom stereocenters. The van der Waals surface area contributed by atoms with Gasteiger partial charge in [-0.15, -0.1) is 0 Å². The van der Waals surface area contributed by atoms with Crippen LogP contribution in [-0.2, 0) is 11.2 Å². The van der Waals surface area contributed by atoms with Crippen LogP contribution in [0.2, 0.25) is 0 Å². The predicted molar refractivity (Wildman–Crippen MR) is 78.3 cm³/mol. The molecule has 1 amide bonds. The van der Waals surface area contributed by atoms with Gasteiger partial charge >= 0.3 is 0 Å². The van der Waals surface area contributed by atoms with Crippen molar-refractivity contribution in [3.05, 3.63) is 35.4 Å². The molecule has 0 fully saturated rings. The van der Waals surface area contributed by atoms with Gasteiger partial charge in [-0.1, -0.05) is 19.1 Å². The maximum absolute atomic E-state index is 13.0. The number of hydrogen-bond acceptors (Lipinski definition) is 2. The number of amides is 1. The summed E-state index contributed by atoms with van der Waals surface area (Å²) in [4.78, 5) is 12.2. The Hall–Kier alpha value is -1.56. The Morgan fingerprint density at radius 2 is 1.90 bits per heavy atom. The first kappa shape index (κ1) is 16.5. The number of benzene rings is 1. The van der Waals surface area contributed by atoms with E-state index < -0.39 is 17.0 Å². The molecule has 0 heterocycles. The summed E-state index contributed by atoms with van der Waals surface area (Å²) < 4.78 is 26.0. The first-order valence-electron chi connectivity index (χ1n) is 6.32. The SMILES string of the molecule is CCC(C)(C(=O)NCCc1cc(F)cc(F)c1)C(N)=S. The number of thiocarbonyl (C=S) groups is 1. The minimum atomic E-state index is -0.900. The third-order valence-corrected chi connectivity index (χ3v) is 3.82. The Bertz CT molecular complexity index is 502. The first-order valence-corrected chi connectivity index (χ1v) is 6.73. The maximum Gasteiger partial charge on any atom is 0.232 e. The van der Waals surface area contributed by atoms with E-state index in [1.54, 1.807) is 6.92 Å². The van der Waals surface area contributed by atoms with Gasteiger partial charge in [0.25, 0.3) is 0 Å². The fourth-order valence-corrected chi connectivity index (χ4v) is 1.95. The molecule has 0 spiro atoms. The topological polar surface area (TPSA) is 55.1 Å². The molecule has 0 aromatic heterocycles. The fraction of sp³-hybridized carbons (Fsp3) is 0.429. The van der Waals surface area contributed by atoms with Gasteiger partial charge < -0.3 is 11.1 Å². The van der Waals surface area contributed by atoms with Crippen LogP contribution in [-0.4, -0.2) is 17.4 Å². The van der Waals surface area contributed by atoms with Gasteiger partial charge in [-0.2, -0.15) is 0 Å². The minimum Gasteiger partial charge on any atom is -0.392 e. The van der Waals surface area contributed by atoms with E-state index in [4.69, 9.17) is 18.0 Å². The van der Waals surface area contributed by atoms with Gasteiger partial charge in [0.05, 0.1) is 10.4 Å². The molecule has 0 aliphatic rings. The van der Waals surface area contributed by atoms with Crippen molar-refractivity contribution in [2.75, 3.05) is 6.54 Å². The number of carbonyl (C=O) groups excluding carboxylic acids is 1. The molecule has 0 aliphatic carbocycles. The molecular formula is C14H18F2N2OS. The number of halogens is 2. The molecule has 1 aromatic rings. The summed E-state index contributed by atoms with van der Waals surface area (Å²) in [6.45, 7) is 3.76. The molecule has 3 N–H and O–H groups in total. The van der Waals surface area contributed by atoms with E-state index in [9.17, 15) is 13.6 Å². The zero-order valence-electron chi connectivity index (χ0n) is 11.5. The van der Waals surface area contributed by atoms with E-state index in [1.165, 1.54) is 12.1 Å². The highest BCUT2D eigenvalue weighted by atomic mass is 32.1. The summed E-state index contributed by atoms with van der Waals surface area (Å²) in [6.07, 6.45) is 0.820. The van der Waals surface area contributed by atoms with Crippen LogP contribution in [0, 0.1) is 17.0 Å². The van der Waals surface area contributed by atoms with E-state index in [0.717, 1.165) is 6.07 Å². The van der Waals surface area contributed by atoms with Crippen molar-refractivity contribution in [3.8, 4) is 0 Å². The Morgan fingerprint density at radius 1 is 1.35 bits per heavy atom. The quantitative estimate of drug-likeness (QED) is 0.793. The zero-order chi connectivity index (χ0) is 15.3. The van der Waals surface area contributed by atoms with E-state index in [2.05, 4.69) is 5.32 Å². The number of nitrogens with one attached hydrogen (secondary N) is 1. The average Bonchev–Trinajstić information content (AvgIpc) is 2.36. The van der Waals surface area contributed by atoms with Crippen molar-refractivity contribution in [3.63, 3.8) is 0 Å². The fourth-order valence-electron chi connectivity index (χ4n) is 1.72. The minimum absolute atomic E-state index is 0.134. The van der Waals surface area contributed by atoms with Gasteiger partial charge in [0.1, 0.15) is 11.6 Å². The van der Waals surface area contributed by atoms with Crippen molar-refractivity contribution in [1.29, 1.82) is 0 Å². The van der Waals surface area contributed by atoms with E-state index >= 15 is 0 Å². The first-order chi connectivity index (χ1) is 9.29. The Labute approximate surface area is 122 Å². The summed E-state index contributed by atoms with van der Waals surface area (Å²) in [5.41, 5.74) is 5.16. The second-order valence-electron chi connectivity index (χ2n) is 4.83. The standard InChI is InChI=1S/C14H18F2N2OS/c1-3-14(2,12(17)20)13(19)18-5-4-9-6-10(15)8-11(16)7-9/h6-8H,3-5H2,1-2H3,(H2,17,20)(H,18,19). The van der Waals surface area contributed by atoms with Gasteiger partial charge in [-0.25, -0.2) is 8.78 Å². The molecular weight excluding hydrogens is 282 g/mol. The highest BCUT2D eigenvalue weighted by molar-refractivity contribution is 7.80. The Kier molecular flexibility index (Phi) is 5.56.